The quantitative estimate of drug-likeness (QED) is 0.317. The van der Waals surface area contributed by atoms with E-state index in [-0.39, 0.29) is 24.2 Å². The van der Waals surface area contributed by atoms with Gasteiger partial charge >= 0.3 is 6.09 Å². The van der Waals surface area contributed by atoms with Crippen LogP contribution in [-0.2, 0) is 4.74 Å². The van der Waals surface area contributed by atoms with Crippen LogP contribution < -0.4 is 10.6 Å². The number of amides is 1. The molecule has 2 N–H and O–H groups in total. The number of hydrogen-bond acceptors (Lipinski definition) is 3. The lowest BCUT2D eigenvalue weighted by Crippen LogP contribution is -2.29. The highest BCUT2D eigenvalue weighted by Crippen LogP contribution is 2.38. The molecule has 0 radical (unpaired) electrons. The van der Waals surface area contributed by atoms with Gasteiger partial charge in [0, 0.05) is 30.6 Å². The molecule has 40 heavy (non-hydrogen) atoms. The van der Waals surface area contributed by atoms with Gasteiger partial charge in [-0.3, -0.25) is 5.32 Å². The Morgan fingerprint density at radius 1 is 0.700 bits per heavy atom. The first-order valence-electron chi connectivity index (χ1n) is 15.7. The van der Waals surface area contributed by atoms with Gasteiger partial charge in [0.05, 0.1) is 0 Å². The molecule has 1 aliphatic heterocycles. The predicted octanol–water partition coefficient (Wildman–Crippen LogP) is 8.89. The first-order chi connectivity index (χ1) is 19.7. The highest BCUT2D eigenvalue weighted by Gasteiger charge is 2.34. The van der Waals surface area contributed by atoms with Crippen molar-refractivity contribution >= 4 is 11.8 Å². The zero-order chi connectivity index (χ0) is 27.1. The lowest BCUT2D eigenvalue weighted by atomic mass is 9.79. The fourth-order valence-electron chi connectivity index (χ4n) is 7.38. The Kier molecular flexibility index (Phi) is 8.83. The normalized spacial score (nSPS) is 22.3. The summed E-state index contributed by atoms with van der Waals surface area (Å²) in [6.07, 6.45) is 13.7. The fourth-order valence-corrected chi connectivity index (χ4v) is 7.38. The van der Waals surface area contributed by atoms with Crippen LogP contribution in [0.3, 0.4) is 0 Å². The molecule has 2 saturated carbocycles. The van der Waals surface area contributed by atoms with E-state index in [9.17, 15) is 4.79 Å². The number of ether oxygens (including phenoxy) is 1. The van der Waals surface area contributed by atoms with Crippen molar-refractivity contribution in [2.45, 2.75) is 101 Å². The summed E-state index contributed by atoms with van der Waals surface area (Å²) in [5.74, 6) is 1.63. The maximum Gasteiger partial charge on any atom is 0.411 e. The molecule has 4 nitrogen and oxygen atoms in total. The molecule has 2 atom stereocenters. The Hall–Kier alpha value is -3.11. The molecule has 3 aromatic rings. The molecule has 0 aromatic heterocycles. The van der Waals surface area contributed by atoms with E-state index in [0.717, 1.165) is 12.1 Å². The standard InChI is InChI=1S/C36H44N2O2/c39-36(38-32-14-8-3-9-15-32)40-33-24-34(37-25-33)35(30-20-16-28(17-21-30)26-10-4-1-5-11-26)31-22-18-29(19-23-31)27-12-6-2-7-13-27/h3,8-9,14-23,26-27,33-35,37H,1-2,4-7,10-13,24-25H2,(H,38,39)/t33-,34-/m1/s1. The van der Waals surface area contributed by atoms with Crippen LogP contribution in [-0.4, -0.2) is 24.8 Å². The largest absolute Gasteiger partial charge is 0.445 e. The van der Waals surface area contributed by atoms with Crippen molar-refractivity contribution < 1.29 is 9.53 Å². The van der Waals surface area contributed by atoms with Crippen molar-refractivity contribution in [1.29, 1.82) is 0 Å². The van der Waals surface area contributed by atoms with Crippen LogP contribution in [0.1, 0.15) is 111 Å². The zero-order valence-electron chi connectivity index (χ0n) is 23.7. The van der Waals surface area contributed by atoms with Gasteiger partial charge in [-0.25, -0.2) is 4.79 Å². The van der Waals surface area contributed by atoms with Crippen LogP contribution in [0.25, 0.3) is 0 Å². The molecular formula is C36H44N2O2. The Morgan fingerprint density at radius 2 is 1.23 bits per heavy atom. The van der Waals surface area contributed by atoms with Gasteiger partial charge < -0.3 is 10.1 Å². The van der Waals surface area contributed by atoms with Crippen molar-refractivity contribution in [2.24, 2.45) is 0 Å². The van der Waals surface area contributed by atoms with Gasteiger partial charge in [0.2, 0.25) is 0 Å². The lowest BCUT2D eigenvalue weighted by Gasteiger charge is -2.27. The van der Waals surface area contributed by atoms with Gasteiger partial charge in [-0.1, -0.05) is 105 Å². The predicted molar refractivity (Wildman–Crippen MR) is 163 cm³/mol. The van der Waals surface area contributed by atoms with Crippen LogP contribution >= 0.6 is 0 Å². The van der Waals surface area contributed by atoms with Crippen LogP contribution in [0.4, 0.5) is 10.5 Å². The van der Waals surface area contributed by atoms with E-state index in [1.165, 1.54) is 86.5 Å². The number of nitrogens with one attached hydrogen (secondary N) is 2. The molecule has 0 unspecified atom stereocenters. The Bertz CT molecular complexity index is 1150. The number of benzene rings is 3. The molecule has 0 bridgehead atoms. The average Bonchev–Trinajstić information content (AvgIpc) is 3.47. The van der Waals surface area contributed by atoms with E-state index in [1.54, 1.807) is 0 Å². The summed E-state index contributed by atoms with van der Waals surface area (Å²) in [5, 5.41) is 6.59. The molecule has 1 heterocycles. The van der Waals surface area contributed by atoms with Crippen LogP contribution in [0, 0.1) is 0 Å². The molecule has 3 fully saturated rings. The van der Waals surface area contributed by atoms with E-state index in [0.29, 0.717) is 18.4 Å². The third-order valence-electron chi connectivity index (χ3n) is 9.57. The minimum absolute atomic E-state index is 0.153. The number of hydrogen-bond donors (Lipinski definition) is 2. The van der Waals surface area contributed by atoms with Gasteiger partial charge in [0.1, 0.15) is 6.10 Å². The van der Waals surface area contributed by atoms with Crippen molar-refractivity contribution in [3.63, 3.8) is 0 Å². The SMILES string of the molecule is O=C(Nc1ccccc1)O[C@H]1CN[C@@H](C(c2ccc(C3CCCCC3)cc2)c2ccc(C3CCCCC3)cc2)C1. The first-order valence-corrected chi connectivity index (χ1v) is 15.7. The smallest absolute Gasteiger partial charge is 0.411 e. The van der Waals surface area contributed by atoms with E-state index in [1.807, 2.05) is 30.3 Å². The molecule has 0 spiro atoms. The summed E-state index contributed by atoms with van der Waals surface area (Å²) < 4.78 is 5.85. The summed E-state index contributed by atoms with van der Waals surface area (Å²) in [4.78, 5) is 12.6. The van der Waals surface area contributed by atoms with Gasteiger partial charge in [0.25, 0.3) is 0 Å². The van der Waals surface area contributed by atoms with Gasteiger partial charge in [-0.15, -0.1) is 0 Å². The Labute approximate surface area is 239 Å². The molecule has 1 amide bonds. The zero-order valence-corrected chi connectivity index (χ0v) is 23.7. The van der Waals surface area contributed by atoms with E-state index >= 15 is 0 Å². The topological polar surface area (TPSA) is 50.4 Å². The fraction of sp³-hybridized carbons (Fsp3) is 0.472. The summed E-state index contributed by atoms with van der Waals surface area (Å²) in [5.41, 5.74) is 6.43. The number of para-hydroxylation sites is 1. The number of anilines is 1. The molecule has 6 rings (SSSR count). The summed E-state index contributed by atoms with van der Waals surface area (Å²) in [6.45, 7) is 0.670. The second kappa shape index (κ2) is 13.0. The maximum atomic E-state index is 12.6. The molecule has 210 valence electrons. The molecule has 2 aliphatic carbocycles. The summed E-state index contributed by atoms with van der Waals surface area (Å²) in [7, 11) is 0. The minimum atomic E-state index is -0.385. The van der Waals surface area contributed by atoms with Crippen LogP contribution in [0.5, 0.6) is 0 Å². The lowest BCUT2D eigenvalue weighted by molar-refractivity contribution is 0.119. The summed E-state index contributed by atoms with van der Waals surface area (Å²) in [6, 6.07) is 28.7. The molecular weight excluding hydrogens is 492 g/mol. The Balaban J connectivity index is 1.19. The van der Waals surface area contributed by atoms with Crippen molar-refractivity contribution in [3.8, 4) is 0 Å². The second-order valence-electron chi connectivity index (χ2n) is 12.2. The highest BCUT2D eigenvalue weighted by molar-refractivity contribution is 5.84. The van der Waals surface area contributed by atoms with Crippen molar-refractivity contribution in [1.82, 2.24) is 5.32 Å². The van der Waals surface area contributed by atoms with Gasteiger partial charge in [-0.2, -0.15) is 0 Å². The molecule has 1 saturated heterocycles. The minimum Gasteiger partial charge on any atom is -0.445 e. The second-order valence-corrected chi connectivity index (χ2v) is 12.2. The third kappa shape index (κ3) is 6.61. The summed E-state index contributed by atoms with van der Waals surface area (Å²) >= 11 is 0. The molecule has 3 aliphatic rings. The maximum absolute atomic E-state index is 12.6. The van der Waals surface area contributed by atoms with Crippen molar-refractivity contribution in [3.05, 3.63) is 101 Å². The molecule has 4 heteroatoms. The van der Waals surface area contributed by atoms with Crippen LogP contribution in [0.2, 0.25) is 0 Å². The number of carbonyl (C=O) groups is 1. The third-order valence-corrected chi connectivity index (χ3v) is 9.57. The Morgan fingerprint density at radius 3 is 1.75 bits per heavy atom. The van der Waals surface area contributed by atoms with E-state index < -0.39 is 0 Å². The van der Waals surface area contributed by atoms with Gasteiger partial charge in [-0.05, 0) is 71.9 Å². The first kappa shape index (κ1) is 27.1. The number of rotatable bonds is 7. The highest BCUT2D eigenvalue weighted by atomic mass is 16.6. The number of carbonyl (C=O) groups excluding carboxylic acids is 1. The van der Waals surface area contributed by atoms with Crippen LogP contribution in [0.15, 0.2) is 78.9 Å². The monoisotopic (exact) mass is 536 g/mol. The van der Waals surface area contributed by atoms with E-state index in [2.05, 4.69) is 59.2 Å². The van der Waals surface area contributed by atoms with Crippen molar-refractivity contribution in [2.75, 3.05) is 11.9 Å². The van der Waals surface area contributed by atoms with Gasteiger partial charge in [0.15, 0.2) is 0 Å². The van der Waals surface area contributed by atoms with E-state index in [4.69, 9.17) is 4.74 Å². The molecule has 3 aromatic carbocycles. The average molecular weight is 537 g/mol.